The van der Waals surface area contributed by atoms with E-state index < -0.39 is 0 Å². The van der Waals surface area contributed by atoms with Crippen molar-refractivity contribution < 1.29 is 4.79 Å². The third kappa shape index (κ3) is 2.97. The first kappa shape index (κ1) is 12.5. The van der Waals surface area contributed by atoms with Gasteiger partial charge in [-0.1, -0.05) is 26.0 Å². The molecule has 4 nitrogen and oxygen atoms in total. The minimum Gasteiger partial charge on any atom is -0.341 e. The smallest absolute Gasteiger partial charge is 0.318 e. The minimum absolute atomic E-state index is 0.0362. The van der Waals surface area contributed by atoms with E-state index in [1.807, 2.05) is 24.3 Å². The first-order chi connectivity index (χ1) is 7.49. The number of carbonyl (C=O) groups excluding carboxylic acids is 1. The summed E-state index contributed by atoms with van der Waals surface area (Å²) >= 11 is 0. The van der Waals surface area contributed by atoms with Crippen LogP contribution in [0.5, 0.6) is 0 Å². The van der Waals surface area contributed by atoms with Crippen molar-refractivity contribution in [3.8, 4) is 0 Å². The zero-order valence-electron chi connectivity index (χ0n) is 10.0. The molecule has 0 radical (unpaired) electrons. The van der Waals surface area contributed by atoms with Gasteiger partial charge in [0.1, 0.15) is 0 Å². The van der Waals surface area contributed by atoms with Crippen LogP contribution in [0.15, 0.2) is 24.3 Å². The molecule has 0 fully saturated rings. The van der Waals surface area contributed by atoms with E-state index in [4.69, 9.17) is 5.73 Å². The average molecular weight is 221 g/mol. The summed E-state index contributed by atoms with van der Waals surface area (Å²) in [5, 5.41) is 5.21. The van der Waals surface area contributed by atoms with Gasteiger partial charge in [0.2, 0.25) is 0 Å². The quantitative estimate of drug-likeness (QED) is 0.727. The van der Waals surface area contributed by atoms with Gasteiger partial charge >= 0.3 is 6.03 Å². The van der Waals surface area contributed by atoms with Crippen LogP contribution in [-0.2, 0) is 5.41 Å². The second-order valence-electron chi connectivity index (χ2n) is 4.37. The molecular weight excluding hydrogens is 202 g/mol. The predicted molar refractivity (Wildman–Crippen MR) is 66.6 cm³/mol. The lowest BCUT2D eigenvalue weighted by molar-refractivity contribution is 0.254. The van der Waals surface area contributed by atoms with Crippen LogP contribution >= 0.6 is 0 Å². The Morgan fingerprint density at radius 1 is 1.31 bits per heavy atom. The van der Waals surface area contributed by atoms with Crippen LogP contribution in [0.3, 0.4) is 0 Å². The molecule has 0 atom stereocenters. The van der Waals surface area contributed by atoms with Crippen LogP contribution in [0.4, 0.5) is 10.5 Å². The SMILES string of the molecule is CNC(=O)Nc1ccc(C(C)(C)CN)cc1. The number of rotatable bonds is 3. The number of nitrogens with two attached hydrogens (primary N) is 1. The normalized spacial score (nSPS) is 11.0. The number of amides is 2. The Morgan fingerprint density at radius 3 is 2.31 bits per heavy atom. The number of anilines is 1. The Balaban J connectivity index is 2.79. The average Bonchev–Trinajstić information content (AvgIpc) is 2.29. The maximum absolute atomic E-state index is 11.1. The molecule has 4 N–H and O–H groups in total. The fourth-order valence-electron chi connectivity index (χ4n) is 1.32. The molecule has 0 aliphatic rings. The van der Waals surface area contributed by atoms with E-state index >= 15 is 0 Å². The summed E-state index contributed by atoms with van der Waals surface area (Å²) in [5.74, 6) is 0. The molecule has 0 aliphatic carbocycles. The third-order valence-electron chi connectivity index (χ3n) is 2.66. The lowest BCUT2D eigenvalue weighted by atomic mass is 9.85. The molecule has 0 heterocycles. The highest BCUT2D eigenvalue weighted by Crippen LogP contribution is 2.23. The molecule has 1 rings (SSSR count). The summed E-state index contributed by atoms with van der Waals surface area (Å²) in [7, 11) is 1.58. The van der Waals surface area contributed by atoms with Crippen molar-refractivity contribution in [3.05, 3.63) is 29.8 Å². The second kappa shape index (κ2) is 4.99. The molecule has 0 unspecified atom stereocenters. The van der Waals surface area contributed by atoms with Crippen molar-refractivity contribution in [2.75, 3.05) is 18.9 Å². The van der Waals surface area contributed by atoms with Gasteiger partial charge in [-0.25, -0.2) is 4.79 Å². The summed E-state index contributed by atoms with van der Waals surface area (Å²) in [5.41, 5.74) is 7.60. The van der Waals surface area contributed by atoms with Crippen LogP contribution in [0, 0.1) is 0 Å². The van der Waals surface area contributed by atoms with Gasteiger partial charge in [0.25, 0.3) is 0 Å². The third-order valence-corrected chi connectivity index (χ3v) is 2.66. The van der Waals surface area contributed by atoms with Crippen molar-refractivity contribution in [2.24, 2.45) is 5.73 Å². The lowest BCUT2D eigenvalue weighted by Crippen LogP contribution is -2.28. The number of benzene rings is 1. The number of hydrogen-bond donors (Lipinski definition) is 3. The number of hydrogen-bond acceptors (Lipinski definition) is 2. The molecule has 88 valence electrons. The predicted octanol–water partition coefficient (Wildman–Crippen LogP) is 1.67. The highest BCUT2D eigenvalue weighted by atomic mass is 16.2. The molecule has 1 aromatic rings. The monoisotopic (exact) mass is 221 g/mol. The fourth-order valence-corrected chi connectivity index (χ4v) is 1.32. The first-order valence-electron chi connectivity index (χ1n) is 5.29. The standard InChI is InChI=1S/C12H19N3O/c1-12(2,8-13)9-4-6-10(7-5-9)15-11(16)14-3/h4-7H,8,13H2,1-3H3,(H2,14,15,16). The molecule has 1 aromatic carbocycles. The van der Waals surface area contributed by atoms with Gasteiger partial charge in [0.15, 0.2) is 0 Å². The maximum Gasteiger partial charge on any atom is 0.318 e. The van der Waals surface area contributed by atoms with E-state index in [0.717, 1.165) is 11.3 Å². The summed E-state index contributed by atoms with van der Waals surface area (Å²) in [6.07, 6.45) is 0. The van der Waals surface area contributed by atoms with Crippen molar-refractivity contribution >= 4 is 11.7 Å². The lowest BCUT2D eigenvalue weighted by Gasteiger charge is -2.23. The Morgan fingerprint density at radius 2 is 1.88 bits per heavy atom. The summed E-state index contributed by atoms with van der Waals surface area (Å²) in [4.78, 5) is 11.1. The molecule has 0 spiro atoms. The van der Waals surface area contributed by atoms with E-state index in [0.29, 0.717) is 6.54 Å². The summed E-state index contributed by atoms with van der Waals surface area (Å²) < 4.78 is 0. The Labute approximate surface area is 96.2 Å². The Hall–Kier alpha value is -1.55. The Kier molecular flexibility index (Phi) is 3.90. The van der Waals surface area contributed by atoms with Crippen LogP contribution in [0.2, 0.25) is 0 Å². The topological polar surface area (TPSA) is 67.2 Å². The number of urea groups is 1. The highest BCUT2D eigenvalue weighted by molar-refractivity contribution is 5.88. The van der Waals surface area contributed by atoms with Gasteiger partial charge in [0.05, 0.1) is 0 Å². The molecule has 0 saturated carbocycles. The van der Waals surface area contributed by atoms with E-state index in [2.05, 4.69) is 24.5 Å². The molecular formula is C12H19N3O. The molecule has 0 saturated heterocycles. The number of nitrogens with one attached hydrogen (secondary N) is 2. The van der Waals surface area contributed by atoms with Crippen LogP contribution in [-0.4, -0.2) is 19.6 Å². The first-order valence-corrected chi connectivity index (χ1v) is 5.29. The second-order valence-corrected chi connectivity index (χ2v) is 4.37. The molecule has 0 aromatic heterocycles. The highest BCUT2D eigenvalue weighted by Gasteiger charge is 2.17. The summed E-state index contributed by atoms with van der Waals surface area (Å²) in [6, 6.07) is 7.51. The minimum atomic E-state index is -0.217. The van der Waals surface area contributed by atoms with E-state index in [1.54, 1.807) is 7.05 Å². The molecule has 16 heavy (non-hydrogen) atoms. The largest absolute Gasteiger partial charge is 0.341 e. The van der Waals surface area contributed by atoms with Crippen LogP contribution in [0.1, 0.15) is 19.4 Å². The van der Waals surface area contributed by atoms with E-state index in [-0.39, 0.29) is 11.4 Å². The van der Waals surface area contributed by atoms with Crippen LogP contribution < -0.4 is 16.4 Å². The van der Waals surface area contributed by atoms with Gasteiger partial charge < -0.3 is 16.4 Å². The zero-order chi connectivity index (χ0) is 12.2. The van der Waals surface area contributed by atoms with E-state index in [1.165, 1.54) is 0 Å². The van der Waals surface area contributed by atoms with E-state index in [9.17, 15) is 4.79 Å². The van der Waals surface area contributed by atoms with Gasteiger partial charge in [0, 0.05) is 24.7 Å². The fraction of sp³-hybridized carbons (Fsp3) is 0.417. The maximum atomic E-state index is 11.1. The van der Waals surface area contributed by atoms with Gasteiger partial charge in [-0.2, -0.15) is 0 Å². The summed E-state index contributed by atoms with van der Waals surface area (Å²) in [6.45, 7) is 4.78. The molecule has 2 amide bonds. The number of carbonyl (C=O) groups is 1. The van der Waals surface area contributed by atoms with Crippen molar-refractivity contribution in [1.82, 2.24) is 5.32 Å². The molecule has 0 bridgehead atoms. The van der Waals surface area contributed by atoms with Gasteiger partial charge in [-0.05, 0) is 17.7 Å². The van der Waals surface area contributed by atoms with Crippen LogP contribution in [0.25, 0.3) is 0 Å². The van der Waals surface area contributed by atoms with Gasteiger partial charge in [-0.15, -0.1) is 0 Å². The molecule has 4 heteroatoms. The van der Waals surface area contributed by atoms with Gasteiger partial charge in [-0.3, -0.25) is 0 Å². The zero-order valence-corrected chi connectivity index (χ0v) is 10.0. The van der Waals surface area contributed by atoms with Crippen molar-refractivity contribution in [2.45, 2.75) is 19.3 Å². The van der Waals surface area contributed by atoms with Crippen molar-refractivity contribution in [1.29, 1.82) is 0 Å². The molecule has 0 aliphatic heterocycles. The Bertz CT molecular complexity index is 357. The van der Waals surface area contributed by atoms with Crippen molar-refractivity contribution in [3.63, 3.8) is 0 Å².